The van der Waals surface area contributed by atoms with Crippen LogP contribution in [0.15, 0.2) is 77.2 Å². The monoisotopic (exact) mass is 584 g/mol. The molecule has 2 heterocycles. The molecule has 0 fully saturated rings. The Bertz CT molecular complexity index is 1590. The van der Waals surface area contributed by atoms with Crippen molar-refractivity contribution >= 4 is 26.6 Å². The molecule has 4 rings (SSSR count). The van der Waals surface area contributed by atoms with E-state index in [0.717, 1.165) is 0 Å². The van der Waals surface area contributed by atoms with Crippen LogP contribution in [-0.2, 0) is 14.6 Å². The lowest BCUT2D eigenvalue weighted by Crippen LogP contribution is -2.46. The highest BCUT2D eigenvalue weighted by molar-refractivity contribution is 7.91. The summed E-state index contributed by atoms with van der Waals surface area (Å²) in [4.78, 5) is 21.7. The third-order valence-corrected chi connectivity index (χ3v) is 8.44. The average Bonchev–Trinajstić information content (AvgIpc) is 3.51. The summed E-state index contributed by atoms with van der Waals surface area (Å²) in [6.07, 6.45) is 2.56. The number of fused-ring (bicyclic) bond motifs is 1. The van der Waals surface area contributed by atoms with E-state index < -0.39 is 46.9 Å². The number of carbonyl (C=O) groups is 1. The zero-order valence-electron chi connectivity index (χ0n) is 22.7. The van der Waals surface area contributed by atoms with Gasteiger partial charge in [-0.3, -0.25) is 9.78 Å². The van der Waals surface area contributed by atoms with Gasteiger partial charge < -0.3 is 34.7 Å². The number of aliphatic hydroxyl groups excluding tert-OH is 2. The van der Waals surface area contributed by atoms with Crippen molar-refractivity contribution in [1.82, 2.24) is 19.9 Å². The Morgan fingerprint density at radius 3 is 2.44 bits per heavy atom. The molecule has 0 bridgehead atoms. The van der Waals surface area contributed by atoms with Gasteiger partial charge in [-0.25, -0.2) is 13.4 Å². The molecular formula is C28H32N4O8S. The van der Waals surface area contributed by atoms with Gasteiger partial charge in [-0.05, 0) is 55.8 Å². The van der Waals surface area contributed by atoms with Crippen LogP contribution >= 0.6 is 0 Å². The molecule has 218 valence electrons. The van der Waals surface area contributed by atoms with Crippen LogP contribution in [0.5, 0.6) is 5.75 Å². The predicted molar refractivity (Wildman–Crippen MR) is 149 cm³/mol. The van der Waals surface area contributed by atoms with E-state index in [2.05, 4.69) is 15.3 Å². The van der Waals surface area contributed by atoms with E-state index in [1.807, 2.05) is 0 Å². The van der Waals surface area contributed by atoms with E-state index in [0.29, 0.717) is 23.1 Å². The SMILES string of the molecule is CCC(OC(CO)C(O)O)C(C)NC(=O)c1ccc2ncc(S(=O)(=O)c3ccc(OC)cc3)c(-n3ccnc3)c2c1. The van der Waals surface area contributed by atoms with Crippen LogP contribution in [0.3, 0.4) is 0 Å². The lowest BCUT2D eigenvalue weighted by atomic mass is 10.1. The number of nitrogens with one attached hydrogen (secondary N) is 1. The molecule has 0 aliphatic rings. The first-order valence-corrected chi connectivity index (χ1v) is 14.3. The average molecular weight is 585 g/mol. The van der Waals surface area contributed by atoms with Crippen LogP contribution in [0, 0.1) is 0 Å². The first-order valence-electron chi connectivity index (χ1n) is 12.8. The standard InChI is InChI=1S/C28H32N4O8S/c1-4-23(40-24(15-33)28(35)36)17(2)31-27(34)18-5-10-22-21(13-18)26(32-12-11-29-16-32)25(14-30-22)41(37,38)20-8-6-19(39-3)7-9-20/h5-14,16-17,23-24,28,33,35-36H,4,15H2,1-3H3,(H,31,34). The maximum Gasteiger partial charge on any atom is 0.251 e. The fraction of sp³-hybridized carbons (Fsp3) is 0.321. The van der Waals surface area contributed by atoms with Crippen LogP contribution < -0.4 is 10.1 Å². The number of methoxy groups -OCH3 is 1. The lowest BCUT2D eigenvalue weighted by molar-refractivity contribution is -0.180. The van der Waals surface area contributed by atoms with Crippen LogP contribution in [0.25, 0.3) is 16.6 Å². The summed E-state index contributed by atoms with van der Waals surface area (Å²) in [5.74, 6) is 0.0435. The zero-order valence-corrected chi connectivity index (χ0v) is 23.5. The molecule has 0 radical (unpaired) electrons. The minimum absolute atomic E-state index is 0.0447. The lowest BCUT2D eigenvalue weighted by Gasteiger charge is -2.29. The van der Waals surface area contributed by atoms with Crippen LogP contribution in [0.2, 0.25) is 0 Å². The van der Waals surface area contributed by atoms with Crippen LogP contribution in [0.4, 0.5) is 0 Å². The van der Waals surface area contributed by atoms with Crippen LogP contribution in [0.1, 0.15) is 30.6 Å². The van der Waals surface area contributed by atoms with Crippen molar-refractivity contribution in [2.45, 2.75) is 54.6 Å². The Morgan fingerprint density at radius 2 is 1.85 bits per heavy atom. The smallest absolute Gasteiger partial charge is 0.251 e. The maximum atomic E-state index is 13.8. The Balaban J connectivity index is 1.74. The van der Waals surface area contributed by atoms with Crippen molar-refractivity contribution in [3.63, 3.8) is 0 Å². The minimum Gasteiger partial charge on any atom is -0.497 e. The second-order valence-electron chi connectivity index (χ2n) is 9.33. The van der Waals surface area contributed by atoms with Crippen molar-refractivity contribution in [3.05, 3.63) is 72.9 Å². The van der Waals surface area contributed by atoms with Gasteiger partial charge in [0.05, 0.1) is 48.3 Å². The van der Waals surface area contributed by atoms with E-state index in [1.54, 1.807) is 54.9 Å². The number of aromatic nitrogens is 3. The molecule has 13 heteroatoms. The van der Waals surface area contributed by atoms with Gasteiger partial charge in [-0.1, -0.05) is 6.92 Å². The molecule has 3 unspecified atom stereocenters. The number of rotatable bonds is 12. The molecule has 2 aromatic heterocycles. The number of imidazole rings is 1. The van der Waals surface area contributed by atoms with E-state index in [1.165, 1.54) is 38.0 Å². The topological polar surface area (TPSA) is 173 Å². The number of hydrogen-bond acceptors (Lipinski definition) is 10. The highest BCUT2D eigenvalue weighted by Gasteiger charge is 2.28. The number of aliphatic hydroxyl groups is 3. The molecule has 12 nitrogen and oxygen atoms in total. The van der Waals surface area contributed by atoms with E-state index in [9.17, 15) is 28.5 Å². The van der Waals surface area contributed by atoms with E-state index >= 15 is 0 Å². The Morgan fingerprint density at radius 1 is 1.12 bits per heavy atom. The molecule has 3 atom stereocenters. The number of ether oxygens (including phenoxy) is 2. The van der Waals surface area contributed by atoms with Crippen LogP contribution in [-0.4, -0.2) is 82.4 Å². The summed E-state index contributed by atoms with van der Waals surface area (Å²) in [5.41, 5.74) is 0.982. The number of pyridine rings is 1. The summed E-state index contributed by atoms with van der Waals surface area (Å²) >= 11 is 0. The quantitative estimate of drug-likeness (QED) is 0.180. The zero-order chi connectivity index (χ0) is 29.7. The highest BCUT2D eigenvalue weighted by atomic mass is 32.2. The molecular weight excluding hydrogens is 552 g/mol. The number of sulfone groups is 1. The van der Waals surface area contributed by atoms with Gasteiger partial charge in [-0.2, -0.15) is 0 Å². The molecule has 0 saturated heterocycles. The predicted octanol–water partition coefficient (Wildman–Crippen LogP) is 1.85. The first kappa shape index (κ1) is 30.1. The van der Waals surface area contributed by atoms with Gasteiger partial charge in [0.2, 0.25) is 9.84 Å². The Kier molecular flexibility index (Phi) is 9.35. The second-order valence-corrected chi connectivity index (χ2v) is 11.2. The molecule has 4 N–H and O–H groups in total. The number of carbonyl (C=O) groups excluding carboxylic acids is 1. The molecule has 0 aliphatic carbocycles. The Labute approximate surface area is 237 Å². The van der Waals surface area contributed by atoms with Crippen molar-refractivity contribution in [3.8, 4) is 11.4 Å². The normalized spacial score (nSPS) is 14.1. The van der Waals surface area contributed by atoms with E-state index in [4.69, 9.17) is 9.47 Å². The van der Waals surface area contributed by atoms with Gasteiger partial charge in [-0.15, -0.1) is 0 Å². The van der Waals surface area contributed by atoms with Gasteiger partial charge >= 0.3 is 0 Å². The van der Waals surface area contributed by atoms with E-state index in [-0.39, 0.29) is 21.0 Å². The number of hydrogen-bond donors (Lipinski definition) is 4. The maximum absolute atomic E-state index is 13.8. The molecule has 1 amide bonds. The summed E-state index contributed by atoms with van der Waals surface area (Å²) in [6, 6.07) is 10.2. The minimum atomic E-state index is -4.05. The molecule has 2 aromatic carbocycles. The fourth-order valence-corrected chi connectivity index (χ4v) is 5.83. The highest BCUT2D eigenvalue weighted by Crippen LogP contribution is 2.33. The first-order chi connectivity index (χ1) is 19.6. The largest absolute Gasteiger partial charge is 0.497 e. The molecule has 41 heavy (non-hydrogen) atoms. The molecule has 0 saturated carbocycles. The number of nitrogens with zero attached hydrogens (tertiary/aromatic N) is 3. The van der Waals surface area contributed by atoms with Crippen molar-refractivity contribution < 1.29 is 38.0 Å². The number of benzene rings is 2. The second kappa shape index (κ2) is 12.7. The van der Waals surface area contributed by atoms with Gasteiger partial charge in [0.15, 0.2) is 6.29 Å². The van der Waals surface area contributed by atoms with Crippen molar-refractivity contribution in [1.29, 1.82) is 0 Å². The van der Waals surface area contributed by atoms with Crippen molar-refractivity contribution in [2.75, 3.05) is 13.7 Å². The van der Waals surface area contributed by atoms with Gasteiger partial charge in [0.25, 0.3) is 5.91 Å². The third-order valence-electron chi connectivity index (χ3n) is 6.67. The van der Waals surface area contributed by atoms with Gasteiger partial charge in [0.1, 0.15) is 16.7 Å². The summed E-state index contributed by atoms with van der Waals surface area (Å²) < 4.78 is 39.8. The van der Waals surface area contributed by atoms with Gasteiger partial charge in [0, 0.05) is 29.5 Å². The summed E-state index contributed by atoms with van der Waals surface area (Å²) in [7, 11) is -2.56. The molecule has 0 aliphatic heterocycles. The molecule has 4 aromatic rings. The summed E-state index contributed by atoms with van der Waals surface area (Å²) in [5, 5.41) is 31.4. The fourth-order valence-electron chi connectivity index (χ4n) is 4.42. The summed E-state index contributed by atoms with van der Waals surface area (Å²) in [6.45, 7) is 2.89. The van der Waals surface area contributed by atoms with Crippen molar-refractivity contribution in [2.24, 2.45) is 0 Å². The third kappa shape index (κ3) is 6.39. The Hall–Kier alpha value is -3.88. The number of amides is 1. The molecule has 0 spiro atoms.